The maximum Gasteiger partial charge on any atom is 0.194 e. The minimum Gasteiger partial charge on any atom is -0.493 e. The third-order valence-electron chi connectivity index (χ3n) is 4.67. The summed E-state index contributed by atoms with van der Waals surface area (Å²) >= 11 is 0. The topological polar surface area (TPSA) is 63.9 Å². The number of methoxy groups -OCH3 is 2. The van der Waals surface area contributed by atoms with Crippen molar-refractivity contribution in [3.63, 3.8) is 0 Å². The summed E-state index contributed by atoms with van der Waals surface area (Å²) in [6, 6.07) is 6.16. The van der Waals surface area contributed by atoms with Crippen molar-refractivity contribution in [2.45, 2.75) is 26.4 Å². The second-order valence-electron chi connectivity index (χ2n) is 6.26. The average Bonchev–Trinajstić information content (AvgIpc) is 3.08. The van der Waals surface area contributed by atoms with E-state index in [1.807, 2.05) is 17.8 Å². The molecule has 0 amide bonds. The van der Waals surface area contributed by atoms with Crippen LogP contribution in [0.15, 0.2) is 29.4 Å². The van der Waals surface area contributed by atoms with Crippen LogP contribution in [-0.4, -0.2) is 47.9 Å². The fourth-order valence-electron chi connectivity index (χ4n) is 3.20. The number of rotatable bonds is 5. The highest BCUT2D eigenvalue weighted by Crippen LogP contribution is 2.33. The van der Waals surface area contributed by atoms with Gasteiger partial charge in [-0.25, -0.2) is 4.99 Å². The number of nitrogens with zero attached hydrogens (tertiary/aromatic N) is 4. The van der Waals surface area contributed by atoms with Crippen molar-refractivity contribution in [1.29, 1.82) is 0 Å². The van der Waals surface area contributed by atoms with E-state index in [2.05, 4.69) is 34.4 Å². The average molecular weight is 485 g/mol. The van der Waals surface area contributed by atoms with Crippen molar-refractivity contribution in [2.24, 2.45) is 12.0 Å². The van der Waals surface area contributed by atoms with Gasteiger partial charge >= 0.3 is 0 Å². The number of nitrogens with one attached hydrogen (secondary N) is 1. The monoisotopic (exact) mass is 485 g/mol. The zero-order valence-corrected chi connectivity index (χ0v) is 18.7. The Balaban J connectivity index is 0.00000261. The molecule has 2 aromatic rings. The van der Waals surface area contributed by atoms with Crippen molar-refractivity contribution in [3.05, 3.63) is 41.2 Å². The molecule has 8 heteroatoms. The lowest BCUT2D eigenvalue weighted by Gasteiger charge is -2.32. The van der Waals surface area contributed by atoms with Gasteiger partial charge in [0.25, 0.3) is 0 Å². The highest BCUT2D eigenvalue weighted by Gasteiger charge is 2.21. The summed E-state index contributed by atoms with van der Waals surface area (Å²) in [7, 11) is 5.28. The van der Waals surface area contributed by atoms with Gasteiger partial charge in [0.1, 0.15) is 0 Å². The van der Waals surface area contributed by atoms with E-state index < -0.39 is 0 Å². The largest absolute Gasteiger partial charge is 0.493 e. The summed E-state index contributed by atoms with van der Waals surface area (Å²) < 4.78 is 12.7. The molecule has 1 aromatic carbocycles. The van der Waals surface area contributed by atoms with E-state index in [0.29, 0.717) is 6.54 Å². The van der Waals surface area contributed by atoms with Crippen LogP contribution in [-0.2, 0) is 26.6 Å². The Labute approximate surface area is 177 Å². The third kappa shape index (κ3) is 4.85. The van der Waals surface area contributed by atoms with E-state index >= 15 is 0 Å². The normalized spacial score (nSPS) is 13.6. The van der Waals surface area contributed by atoms with Crippen LogP contribution >= 0.6 is 24.0 Å². The molecule has 0 radical (unpaired) electrons. The highest BCUT2D eigenvalue weighted by atomic mass is 127. The molecule has 1 aliphatic rings. The number of benzene rings is 1. The van der Waals surface area contributed by atoms with Crippen LogP contribution in [0.5, 0.6) is 11.5 Å². The molecule has 0 bridgehead atoms. The van der Waals surface area contributed by atoms with Crippen molar-refractivity contribution in [3.8, 4) is 11.5 Å². The van der Waals surface area contributed by atoms with Gasteiger partial charge in [-0.1, -0.05) is 0 Å². The van der Waals surface area contributed by atoms with Crippen LogP contribution in [0.2, 0.25) is 0 Å². The molecular weight excluding hydrogens is 457 g/mol. The van der Waals surface area contributed by atoms with Gasteiger partial charge in [-0.15, -0.1) is 24.0 Å². The van der Waals surface area contributed by atoms with Gasteiger partial charge in [-0.05, 0) is 42.7 Å². The molecule has 0 fully saturated rings. The van der Waals surface area contributed by atoms with Crippen LogP contribution in [0.25, 0.3) is 0 Å². The Bertz CT molecular complexity index is 790. The molecule has 0 saturated carbocycles. The molecule has 0 atom stereocenters. The van der Waals surface area contributed by atoms with Crippen molar-refractivity contribution in [1.82, 2.24) is 20.0 Å². The lowest BCUT2D eigenvalue weighted by Crippen LogP contribution is -2.44. The molecule has 0 unspecified atom stereocenters. The van der Waals surface area contributed by atoms with Gasteiger partial charge in [0.05, 0.1) is 26.5 Å². The van der Waals surface area contributed by atoms with Crippen LogP contribution in [0, 0.1) is 0 Å². The van der Waals surface area contributed by atoms with E-state index in [0.717, 1.165) is 49.2 Å². The molecule has 148 valence electrons. The number of aliphatic imine (C=N–C) groups is 1. The predicted octanol–water partition coefficient (Wildman–Crippen LogP) is 2.58. The van der Waals surface area contributed by atoms with Crippen molar-refractivity contribution in [2.75, 3.05) is 27.3 Å². The molecule has 0 spiro atoms. The van der Waals surface area contributed by atoms with E-state index in [9.17, 15) is 0 Å². The van der Waals surface area contributed by atoms with Crippen molar-refractivity contribution < 1.29 is 9.47 Å². The predicted molar refractivity (Wildman–Crippen MR) is 117 cm³/mol. The maximum absolute atomic E-state index is 5.46. The fourth-order valence-corrected chi connectivity index (χ4v) is 3.20. The number of guanidine groups is 1. The number of aromatic nitrogens is 2. The highest BCUT2D eigenvalue weighted by molar-refractivity contribution is 14.0. The number of aryl methyl sites for hydroxylation is 1. The second kappa shape index (κ2) is 9.82. The van der Waals surface area contributed by atoms with E-state index in [-0.39, 0.29) is 24.0 Å². The number of halogens is 1. The van der Waals surface area contributed by atoms with Crippen LogP contribution < -0.4 is 14.8 Å². The number of fused-ring (bicyclic) bond motifs is 1. The Morgan fingerprint density at radius 2 is 1.93 bits per heavy atom. The van der Waals surface area contributed by atoms with Crippen LogP contribution in [0.3, 0.4) is 0 Å². The van der Waals surface area contributed by atoms with Gasteiger partial charge in [0.2, 0.25) is 0 Å². The Morgan fingerprint density at radius 3 is 2.52 bits per heavy atom. The first kappa shape index (κ1) is 21.3. The zero-order valence-electron chi connectivity index (χ0n) is 16.4. The number of hydrogen-bond acceptors (Lipinski definition) is 4. The van der Waals surface area contributed by atoms with Gasteiger partial charge in [-0.3, -0.25) is 4.68 Å². The molecule has 1 N–H and O–H groups in total. The molecular formula is C19H28IN5O2. The summed E-state index contributed by atoms with van der Waals surface area (Å²) in [5.41, 5.74) is 3.64. The van der Waals surface area contributed by atoms with E-state index in [1.165, 1.54) is 11.1 Å². The molecule has 27 heavy (non-hydrogen) atoms. The third-order valence-corrected chi connectivity index (χ3v) is 4.67. The summed E-state index contributed by atoms with van der Waals surface area (Å²) in [5, 5.41) is 7.61. The van der Waals surface area contributed by atoms with Gasteiger partial charge < -0.3 is 19.7 Å². The SMILES string of the molecule is CCNC(=NCc1ccnn1C)N1CCc2cc(OC)c(OC)cc2C1.I. The minimum atomic E-state index is 0. The quantitative estimate of drug-likeness (QED) is 0.401. The van der Waals surface area contributed by atoms with Crippen LogP contribution in [0.1, 0.15) is 23.7 Å². The zero-order chi connectivity index (χ0) is 18.5. The Morgan fingerprint density at radius 1 is 1.22 bits per heavy atom. The molecule has 2 heterocycles. The Hall–Kier alpha value is -1.97. The first-order valence-corrected chi connectivity index (χ1v) is 8.90. The maximum atomic E-state index is 5.46. The van der Waals surface area contributed by atoms with E-state index in [1.54, 1.807) is 20.4 Å². The smallest absolute Gasteiger partial charge is 0.194 e. The summed E-state index contributed by atoms with van der Waals surface area (Å²) in [6.07, 6.45) is 2.75. The van der Waals surface area contributed by atoms with Gasteiger partial charge in [0.15, 0.2) is 17.5 Å². The van der Waals surface area contributed by atoms with Crippen LogP contribution in [0.4, 0.5) is 0 Å². The van der Waals surface area contributed by atoms with Gasteiger partial charge in [-0.2, -0.15) is 5.10 Å². The summed E-state index contributed by atoms with van der Waals surface area (Å²) in [4.78, 5) is 7.09. The lowest BCUT2D eigenvalue weighted by molar-refractivity contribution is 0.346. The number of ether oxygens (including phenoxy) is 2. The molecule has 1 aromatic heterocycles. The number of hydrogen-bond donors (Lipinski definition) is 1. The summed E-state index contributed by atoms with van der Waals surface area (Å²) in [5.74, 6) is 2.48. The van der Waals surface area contributed by atoms with Gasteiger partial charge in [0, 0.05) is 32.9 Å². The molecule has 0 aliphatic carbocycles. The standard InChI is InChI=1S/C19H27N5O2.HI/c1-5-20-19(21-12-16-6-8-22-23(16)2)24-9-7-14-10-17(25-3)18(26-4)11-15(14)13-24;/h6,8,10-11H,5,7,9,12-13H2,1-4H3,(H,20,21);1H. The Kier molecular flexibility index (Phi) is 7.76. The lowest BCUT2D eigenvalue weighted by atomic mass is 9.99. The minimum absolute atomic E-state index is 0. The molecule has 7 nitrogen and oxygen atoms in total. The van der Waals surface area contributed by atoms with Crippen molar-refractivity contribution >= 4 is 29.9 Å². The first-order chi connectivity index (χ1) is 12.7. The first-order valence-electron chi connectivity index (χ1n) is 8.90. The molecule has 1 aliphatic heterocycles. The van der Waals surface area contributed by atoms with E-state index in [4.69, 9.17) is 14.5 Å². The fraction of sp³-hybridized carbons (Fsp3) is 0.474. The second-order valence-corrected chi connectivity index (χ2v) is 6.26. The molecule has 0 saturated heterocycles. The summed E-state index contributed by atoms with van der Waals surface area (Å²) in [6.45, 7) is 5.24. The molecule has 3 rings (SSSR count).